The van der Waals surface area contributed by atoms with Gasteiger partial charge >= 0.3 is 0 Å². The number of amides is 1. The van der Waals surface area contributed by atoms with Gasteiger partial charge in [-0.3, -0.25) is 9.69 Å². The first-order valence-corrected chi connectivity index (χ1v) is 5.83. The lowest BCUT2D eigenvalue weighted by atomic mass is 10.0. The Balaban J connectivity index is 1.86. The molecule has 0 aromatic carbocycles. The molecule has 4 nitrogen and oxygen atoms in total. The molecule has 86 valence electrons. The van der Waals surface area contributed by atoms with E-state index in [-0.39, 0.29) is 5.91 Å². The van der Waals surface area contributed by atoms with Crippen LogP contribution in [0.5, 0.6) is 0 Å². The third kappa shape index (κ3) is 2.49. The molecule has 15 heavy (non-hydrogen) atoms. The quantitative estimate of drug-likeness (QED) is 0.604. The number of carbonyl (C=O) groups excluding carboxylic acids is 1. The number of rotatable bonds is 1. The lowest BCUT2D eigenvalue weighted by Gasteiger charge is -2.40. The zero-order chi connectivity index (χ0) is 10.8. The molecule has 0 radical (unpaired) electrons. The molecule has 4 heteroatoms. The van der Waals surface area contributed by atoms with Gasteiger partial charge in [0.15, 0.2) is 0 Å². The normalized spacial score (nSPS) is 27.3. The first-order valence-electron chi connectivity index (χ1n) is 5.83. The molecule has 0 saturated carbocycles. The van der Waals surface area contributed by atoms with E-state index in [9.17, 15) is 4.79 Å². The second-order valence-electron chi connectivity index (χ2n) is 4.82. The number of piperidine rings is 1. The van der Waals surface area contributed by atoms with Crippen molar-refractivity contribution in [3.63, 3.8) is 0 Å². The summed E-state index contributed by atoms with van der Waals surface area (Å²) in [6.07, 6.45) is 2.43. The Morgan fingerprint density at radius 2 is 1.73 bits per heavy atom. The Bertz CT molecular complexity index is 236. The van der Waals surface area contributed by atoms with Gasteiger partial charge < -0.3 is 9.80 Å². The second kappa shape index (κ2) is 4.49. The van der Waals surface area contributed by atoms with Gasteiger partial charge in [0.2, 0.25) is 5.91 Å². The number of carbonyl (C=O) groups is 1. The van der Waals surface area contributed by atoms with Gasteiger partial charge in [0.05, 0.1) is 6.54 Å². The number of hydrogen-bond acceptors (Lipinski definition) is 3. The third-order valence-electron chi connectivity index (χ3n) is 3.69. The first kappa shape index (κ1) is 10.9. The topological polar surface area (TPSA) is 26.8 Å². The van der Waals surface area contributed by atoms with Crippen molar-refractivity contribution in [1.29, 1.82) is 0 Å². The summed E-state index contributed by atoms with van der Waals surface area (Å²) in [6.45, 7) is 4.92. The van der Waals surface area contributed by atoms with E-state index in [4.69, 9.17) is 0 Å². The zero-order valence-corrected chi connectivity index (χ0v) is 9.78. The highest BCUT2D eigenvalue weighted by molar-refractivity contribution is 5.78. The van der Waals surface area contributed by atoms with Crippen molar-refractivity contribution in [3.05, 3.63) is 0 Å². The summed E-state index contributed by atoms with van der Waals surface area (Å²) < 4.78 is 0. The fourth-order valence-corrected chi connectivity index (χ4v) is 2.45. The molecule has 2 aliphatic heterocycles. The van der Waals surface area contributed by atoms with E-state index in [2.05, 4.69) is 16.8 Å². The maximum Gasteiger partial charge on any atom is 0.236 e. The van der Waals surface area contributed by atoms with Crippen LogP contribution in [-0.4, -0.2) is 73.5 Å². The molecule has 2 heterocycles. The molecule has 0 aromatic heterocycles. The van der Waals surface area contributed by atoms with Crippen LogP contribution in [-0.2, 0) is 4.79 Å². The Hall–Kier alpha value is -0.610. The molecule has 2 rings (SSSR count). The van der Waals surface area contributed by atoms with Crippen LogP contribution in [0, 0.1) is 0 Å². The molecule has 1 amide bonds. The van der Waals surface area contributed by atoms with Crippen molar-refractivity contribution in [2.75, 3.05) is 46.8 Å². The summed E-state index contributed by atoms with van der Waals surface area (Å²) in [5.74, 6) is 0.278. The van der Waals surface area contributed by atoms with E-state index in [1.54, 1.807) is 0 Å². The minimum atomic E-state index is 0.278. The molecule has 0 bridgehead atoms. The second-order valence-corrected chi connectivity index (χ2v) is 4.82. The summed E-state index contributed by atoms with van der Waals surface area (Å²) >= 11 is 0. The standard InChI is InChI=1S/C11H21N3O/c1-12-5-3-10(4-6-12)14-8-7-13(2)11(15)9-14/h10H,3-9H2,1-2H3. The lowest BCUT2D eigenvalue weighted by molar-refractivity contribution is -0.135. The van der Waals surface area contributed by atoms with Gasteiger partial charge in [-0.15, -0.1) is 0 Å². The molecule has 2 fully saturated rings. The monoisotopic (exact) mass is 211 g/mol. The highest BCUT2D eigenvalue weighted by Crippen LogP contribution is 2.17. The smallest absolute Gasteiger partial charge is 0.236 e. The molecule has 0 N–H and O–H groups in total. The predicted octanol–water partition coefficient (Wildman–Crippen LogP) is -0.145. The van der Waals surface area contributed by atoms with Crippen LogP contribution in [0.2, 0.25) is 0 Å². The highest BCUT2D eigenvalue weighted by atomic mass is 16.2. The molecule has 0 aromatic rings. The lowest BCUT2D eigenvalue weighted by Crippen LogP contribution is -2.54. The molecule has 0 spiro atoms. The minimum Gasteiger partial charge on any atom is -0.343 e. The Labute approximate surface area is 91.8 Å². The van der Waals surface area contributed by atoms with E-state index in [1.807, 2.05) is 11.9 Å². The summed E-state index contributed by atoms with van der Waals surface area (Å²) in [4.78, 5) is 18.2. The van der Waals surface area contributed by atoms with Crippen LogP contribution < -0.4 is 0 Å². The van der Waals surface area contributed by atoms with E-state index in [0.717, 1.165) is 13.1 Å². The van der Waals surface area contributed by atoms with Gasteiger partial charge in [-0.05, 0) is 33.0 Å². The largest absolute Gasteiger partial charge is 0.343 e. The molecule has 2 saturated heterocycles. The van der Waals surface area contributed by atoms with Gasteiger partial charge in [0, 0.05) is 26.2 Å². The van der Waals surface area contributed by atoms with Crippen molar-refractivity contribution in [2.24, 2.45) is 0 Å². The summed E-state index contributed by atoms with van der Waals surface area (Å²) in [5.41, 5.74) is 0. The van der Waals surface area contributed by atoms with Crippen LogP contribution in [0.4, 0.5) is 0 Å². The van der Waals surface area contributed by atoms with Crippen LogP contribution in [0.3, 0.4) is 0 Å². The van der Waals surface area contributed by atoms with E-state index in [0.29, 0.717) is 12.6 Å². The van der Waals surface area contributed by atoms with Crippen LogP contribution in [0.1, 0.15) is 12.8 Å². The first-order chi connectivity index (χ1) is 7.16. The summed E-state index contributed by atoms with van der Waals surface area (Å²) in [6, 6.07) is 0.638. The fourth-order valence-electron chi connectivity index (χ4n) is 2.45. The average molecular weight is 211 g/mol. The SMILES string of the molecule is CN1CCC(N2CCN(C)C(=O)C2)CC1. The van der Waals surface area contributed by atoms with Crippen LogP contribution >= 0.6 is 0 Å². The van der Waals surface area contributed by atoms with Gasteiger partial charge in [-0.1, -0.05) is 0 Å². The Morgan fingerprint density at radius 3 is 2.33 bits per heavy atom. The maximum absolute atomic E-state index is 11.6. The predicted molar refractivity (Wildman–Crippen MR) is 59.7 cm³/mol. The molecule has 0 atom stereocenters. The minimum absolute atomic E-state index is 0.278. The summed E-state index contributed by atoms with van der Waals surface area (Å²) in [5, 5.41) is 0. The van der Waals surface area contributed by atoms with Crippen molar-refractivity contribution < 1.29 is 4.79 Å². The van der Waals surface area contributed by atoms with E-state index >= 15 is 0 Å². The van der Waals surface area contributed by atoms with Crippen molar-refractivity contribution in [3.8, 4) is 0 Å². The number of likely N-dealkylation sites (N-methyl/N-ethyl adjacent to an activating group) is 1. The number of likely N-dealkylation sites (tertiary alicyclic amines) is 1. The number of hydrogen-bond donors (Lipinski definition) is 0. The third-order valence-corrected chi connectivity index (χ3v) is 3.69. The van der Waals surface area contributed by atoms with Gasteiger partial charge in [0.25, 0.3) is 0 Å². The van der Waals surface area contributed by atoms with Crippen LogP contribution in [0.25, 0.3) is 0 Å². The zero-order valence-electron chi connectivity index (χ0n) is 9.78. The summed E-state index contributed by atoms with van der Waals surface area (Å²) in [7, 11) is 4.07. The van der Waals surface area contributed by atoms with E-state index < -0.39 is 0 Å². The molecular formula is C11H21N3O. The molecule has 0 unspecified atom stereocenters. The number of nitrogens with zero attached hydrogens (tertiary/aromatic N) is 3. The fraction of sp³-hybridized carbons (Fsp3) is 0.909. The van der Waals surface area contributed by atoms with Crippen molar-refractivity contribution >= 4 is 5.91 Å². The van der Waals surface area contributed by atoms with E-state index in [1.165, 1.54) is 25.9 Å². The van der Waals surface area contributed by atoms with Gasteiger partial charge in [-0.2, -0.15) is 0 Å². The van der Waals surface area contributed by atoms with Crippen molar-refractivity contribution in [2.45, 2.75) is 18.9 Å². The van der Waals surface area contributed by atoms with Gasteiger partial charge in [-0.25, -0.2) is 0 Å². The molecular weight excluding hydrogens is 190 g/mol. The average Bonchev–Trinajstić information content (AvgIpc) is 2.23. The number of piperazine rings is 1. The highest BCUT2D eigenvalue weighted by Gasteiger charge is 2.28. The van der Waals surface area contributed by atoms with Crippen molar-refractivity contribution in [1.82, 2.24) is 14.7 Å². The molecule has 2 aliphatic rings. The van der Waals surface area contributed by atoms with Gasteiger partial charge in [0.1, 0.15) is 0 Å². The molecule has 0 aliphatic carbocycles. The Morgan fingerprint density at radius 1 is 1.07 bits per heavy atom. The van der Waals surface area contributed by atoms with Crippen LogP contribution in [0.15, 0.2) is 0 Å². The maximum atomic E-state index is 11.6. The Kier molecular flexibility index (Phi) is 3.26.